The van der Waals surface area contributed by atoms with Crippen LogP contribution in [0.15, 0.2) is 64.9 Å². The third-order valence-corrected chi connectivity index (χ3v) is 3.93. The van der Waals surface area contributed by atoms with Crippen LogP contribution in [0, 0.1) is 0 Å². The van der Waals surface area contributed by atoms with Crippen molar-refractivity contribution in [3.63, 3.8) is 0 Å². The molecule has 0 atom stereocenters. The monoisotopic (exact) mass is 353 g/mol. The number of rotatable bonds is 10. The van der Waals surface area contributed by atoms with Gasteiger partial charge in [0.05, 0.1) is 12.8 Å². The van der Waals surface area contributed by atoms with Crippen LogP contribution in [-0.2, 0) is 17.9 Å². The standard InChI is InChI=1S/C21H27N3O2/c1-4-21(24-26-16-19-8-6-5-7-9-19)17(2)23-22-15-14-18-10-12-20(25-3)13-11-18/h5-13,22H,4,14-16H2,1-3H3. The number of oxime groups is 1. The zero-order valence-corrected chi connectivity index (χ0v) is 15.7. The van der Waals surface area contributed by atoms with E-state index in [2.05, 4.69) is 27.8 Å². The van der Waals surface area contributed by atoms with Crippen LogP contribution in [0.5, 0.6) is 5.75 Å². The average Bonchev–Trinajstić information content (AvgIpc) is 2.69. The van der Waals surface area contributed by atoms with Gasteiger partial charge in [0.25, 0.3) is 0 Å². The molecule has 2 aromatic rings. The third kappa shape index (κ3) is 6.59. The molecule has 0 aliphatic rings. The van der Waals surface area contributed by atoms with E-state index >= 15 is 0 Å². The Balaban J connectivity index is 1.78. The number of hydrogen-bond donors (Lipinski definition) is 1. The normalized spacial score (nSPS) is 12.0. The largest absolute Gasteiger partial charge is 0.497 e. The molecular weight excluding hydrogens is 326 g/mol. The highest BCUT2D eigenvalue weighted by Gasteiger charge is 2.03. The van der Waals surface area contributed by atoms with Crippen LogP contribution < -0.4 is 10.2 Å². The van der Waals surface area contributed by atoms with Gasteiger partial charge < -0.3 is 15.0 Å². The van der Waals surface area contributed by atoms with Crippen LogP contribution >= 0.6 is 0 Å². The Kier molecular flexibility index (Phi) is 8.19. The molecule has 0 saturated carbocycles. The molecule has 0 saturated heterocycles. The van der Waals surface area contributed by atoms with Crippen LogP contribution in [0.3, 0.4) is 0 Å². The first-order valence-corrected chi connectivity index (χ1v) is 8.86. The second-order valence-corrected chi connectivity index (χ2v) is 5.85. The molecule has 5 nitrogen and oxygen atoms in total. The van der Waals surface area contributed by atoms with E-state index in [0.29, 0.717) is 6.61 Å². The molecular formula is C21H27N3O2. The highest BCUT2D eigenvalue weighted by molar-refractivity contribution is 6.41. The quantitative estimate of drug-likeness (QED) is 0.396. The van der Waals surface area contributed by atoms with E-state index < -0.39 is 0 Å². The van der Waals surface area contributed by atoms with E-state index in [1.807, 2.05) is 56.3 Å². The number of nitrogens with one attached hydrogen (secondary N) is 1. The van der Waals surface area contributed by atoms with Gasteiger partial charge in [-0.05, 0) is 43.0 Å². The van der Waals surface area contributed by atoms with Gasteiger partial charge in [0.1, 0.15) is 18.1 Å². The molecule has 0 bridgehead atoms. The summed E-state index contributed by atoms with van der Waals surface area (Å²) in [6, 6.07) is 18.1. The Morgan fingerprint density at radius 1 is 1.00 bits per heavy atom. The number of nitrogens with zero attached hydrogens (tertiary/aromatic N) is 2. The Hall–Kier alpha value is -2.82. The van der Waals surface area contributed by atoms with E-state index in [1.165, 1.54) is 5.56 Å². The minimum absolute atomic E-state index is 0.461. The predicted molar refractivity (Wildman–Crippen MR) is 107 cm³/mol. The van der Waals surface area contributed by atoms with E-state index in [9.17, 15) is 0 Å². The van der Waals surface area contributed by atoms with Crippen molar-refractivity contribution in [2.45, 2.75) is 33.3 Å². The summed E-state index contributed by atoms with van der Waals surface area (Å²) in [5, 5.41) is 8.63. The molecule has 0 aromatic heterocycles. The highest BCUT2D eigenvalue weighted by atomic mass is 16.6. The first-order chi connectivity index (χ1) is 12.7. The maximum atomic E-state index is 5.46. The summed E-state index contributed by atoms with van der Waals surface area (Å²) in [6.07, 6.45) is 1.66. The Labute approximate surface area is 155 Å². The summed E-state index contributed by atoms with van der Waals surface area (Å²) in [5.41, 5.74) is 7.13. The number of methoxy groups -OCH3 is 1. The molecule has 0 aliphatic carbocycles. The molecule has 2 rings (SSSR count). The third-order valence-electron chi connectivity index (χ3n) is 3.93. The summed E-state index contributed by atoms with van der Waals surface area (Å²) < 4.78 is 5.16. The van der Waals surface area contributed by atoms with Crippen LogP contribution in [0.25, 0.3) is 0 Å². The molecule has 0 unspecified atom stereocenters. The number of benzene rings is 2. The summed E-state index contributed by atoms with van der Waals surface area (Å²) in [7, 11) is 1.67. The Morgan fingerprint density at radius 2 is 1.73 bits per heavy atom. The van der Waals surface area contributed by atoms with Crippen molar-refractivity contribution in [1.82, 2.24) is 5.43 Å². The van der Waals surface area contributed by atoms with Gasteiger partial charge in [0, 0.05) is 6.54 Å². The molecule has 0 aliphatic heterocycles. The minimum Gasteiger partial charge on any atom is -0.497 e. The Morgan fingerprint density at radius 3 is 2.38 bits per heavy atom. The van der Waals surface area contributed by atoms with E-state index in [4.69, 9.17) is 9.57 Å². The second kappa shape index (κ2) is 10.9. The maximum Gasteiger partial charge on any atom is 0.142 e. The number of ether oxygens (including phenoxy) is 1. The van der Waals surface area contributed by atoms with Gasteiger partial charge in [-0.25, -0.2) is 0 Å². The lowest BCUT2D eigenvalue weighted by atomic mass is 10.1. The molecule has 0 radical (unpaired) electrons. The summed E-state index contributed by atoms with van der Waals surface area (Å²) in [5.74, 6) is 0.870. The predicted octanol–water partition coefficient (Wildman–Crippen LogP) is 4.19. The molecule has 2 aromatic carbocycles. The van der Waals surface area contributed by atoms with Gasteiger partial charge in [-0.1, -0.05) is 54.5 Å². The van der Waals surface area contributed by atoms with Gasteiger partial charge >= 0.3 is 0 Å². The van der Waals surface area contributed by atoms with Gasteiger partial charge in [0.15, 0.2) is 0 Å². The molecule has 138 valence electrons. The lowest BCUT2D eigenvalue weighted by Gasteiger charge is -2.06. The van der Waals surface area contributed by atoms with Gasteiger partial charge in [-0.2, -0.15) is 5.10 Å². The maximum absolute atomic E-state index is 5.46. The average molecular weight is 353 g/mol. The molecule has 0 heterocycles. The zero-order chi connectivity index (χ0) is 18.6. The summed E-state index contributed by atoms with van der Waals surface area (Å²) >= 11 is 0. The topological polar surface area (TPSA) is 55.2 Å². The molecule has 0 amide bonds. The van der Waals surface area contributed by atoms with Crippen LogP contribution in [-0.4, -0.2) is 25.1 Å². The first kappa shape index (κ1) is 19.5. The molecule has 0 fully saturated rings. The van der Waals surface area contributed by atoms with Crippen molar-refractivity contribution < 1.29 is 9.57 Å². The summed E-state index contributed by atoms with van der Waals surface area (Å²) in [6.45, 7) is 5.20. The molecule has 26 heavy (non-hydrogen) atoms. The lowest BCUT2D eigenvalue weighted by Crippen LogP contribution is -2.18. The number of hydrazone groups is 1. The van der Waals surface area contributed by atoms with Crippen molar-refractivity contribution in [1.29, 1.82) is 0 Å². The summed E-state index contributed by atoms with van der Waals surface area (Å²) in [4.78, 5) is 5.46. The molecule has 0 spiro atoms. The van der Waals surface area contributed by atoms with Crippen molar-refractivity contribution >= 4 is 11.4 Å². The smallest absolute Gasteiger partial charge is 0.142 e. The second-order valence-electron chi connectivity index (χ2n) is 5.85. The van der Waals surface area contributed by atoms with Crippen molar-refractivity contribution in [3.8, 4) is 5.75 Å². The minimum atomic E-state index is 0.461. The zero-order valence-electron chi connectivity index (χ0n) is 15.7. The fourth-order valence-corrected chi connectivity index (χ4v) is 2.38. The van der Waals surface area contributed by atoms with E-state index in [0.717, 1.165) is 42.1 Å². The fraction of sp³-hybridized carbons (Fsp3) is 0.333. The molecule has 5 heteroatoms. The van der Waals surface area contributed by atoms with E-state index in [-0.39, 0.29) is 0 Å². The van der Waals surface area contributed by atoms with Gasteiger partial charge in [0.2, 0.25) is 0 Å². The van der Waals surface area contributed by atoms with E-state index in [1.54, 1.807) is 7.11 Å². The van der Waals surface area contributed by atoms with Gasteiger partial charge in [-0.15, -0.1) is 0 Å². The highest BCUT2D eigenvalue weighted by Crippen LogP contribution is 2.11. The van der Waals surface area contributed by atoms with Gasteiger partial charge in [-0.3, -0.25) is 0 Å². The SMILES string of the molecule is CCC(=NOCc1ccccc1)C(C)=NNCCc1ccc(OC)cc1. The Bertz CT molecular complexity index is 710. The lowest BCUT2D eigenvalue weighted by molar-refractivity contribution is 0.130. The van der Waals surface area contributed by atoms with Crippen molar-refractivity contribution in [2.75, 3.05) is 13.7 Å². The van der Waals surface area contributed by atoms with Crippen LogP contribution in [0.1, 0.15) is 31.4 Å². The van der Waals surface area contributed by atoms with Crippen LogP contribution in [0.4, 0.5) is 0 Å². The van der Waals surface area contributed by atoms with Crippen molar-refractivity contribution in [3.05, 3.63) is 65.7 Å². The molecule has 1 N–H and O–H groups in total. The van der Waals surface area contributed by atoms with Crippen molar-refractivity contribution in [2.24, 2.45) is 10.3 Å². The first-order valence-electron chi connectivity index (χ1n) is 8.86. The fourth-order valence-electron chi connectivity index (χ4n) is 2.38. The van der Waals surface area contributed by atoms with Crippen LogP contribution in [0.2, 0.25) is 0 Å². The number of hydrogen-bond acceptors (Lipinski definition) is 5.